The fraction of sp³-hybridized carbons (Fsp3) is 0.333. The second kappa shape index (κ2) is 4.55. The fourth-order valence-electron chi connectivity index (χ4n) is 1.10. The van der Waals surface area contributed by atoms with Crippen molar-refractivity contribution in [3.8, 4) is 0 Å². The highest BCUT2D eigenvalue weighted by molar-refractivity contribution is 9.10. The van der Waals surface area contributed by atoms with Gasteiger partial charge in [-0.15, -0.1) is 0 Å². The predicted molar refractivity (Wildman–Crippen MR) is 56.7 cm³/mol. The lowest BCUT2D eigenvalue weighted by atomic mass is 10.1. The van der Waals surface area contributed by atoms with Crippen molar-refractivity contribution in [2.45, 2.75) is 12.3 Å². The van der Waals surface area contributed by atoms with Crippen LogP contribution in [0.3, 0.4) is 0 Å². The fourth-order valence-corrected chi connectivity index (χ4v) is 1.91. The third-order valence-corrected chi connectivity index (χ3v) is 2.59. The van der Waals surface area contributed by atoms with Gasteiger partial charge in [0.2, 0.25) is 0 Å². The van der Waals surface area contributed by atoms with Crippen LogP contribution in [0.5, 0.6) is 0 Å². The Morgan fingerprint density at radius 3 is 2.57 bits per heavy atom. The maximum absolute atomic E-state index is 13.4. The lowest BCUT2D eigenvalue weighted by molar-refractivity contribution is -0.0106. The summed E-state index contributed by atoms with van der Waals surface area (Å²) in [6.07, 6.45) is -0.394. The van der Waals surface area contributed by atoms with Gasteiger partial charge >= 0.3 is 0 Å². The largest absolute Gasteiger partial charge is 0.330 e. The van der Waals surface area contributed by atoms with E-state index in [1.165, 1.54) is 18.2 Å². The molecule has 14 heavy (non-hydrogen) atoms. The molecule has 0 amide bonds. The minimum absolute atomic E-state index is 0.0535. The Balaban J connectivity index is 3.06. The Hall–Kier alpha value is -0.190. The smallest absolute Gasteiger partial charge is 0.275 e. The Kier molecular flexibility index (Phi) is 3.86. The van der Waals surface area contributed by atoms with Crippen LogP contribution in [0.2, 0.25) is 5.02 Å². The SMILES string of the molecule is NCCC(F)(F)c1ccc(Br)cc1Cl. The van der Waals surface area contributed by atoms with Crippen molar-refractivity contribution < 1.29 is 8.78 Å². The molecule has 5 heteroatoms. The van der Waals surface area contributed by atoms with E-state index in [1.54, 1.807) is 0 Å². The van der Waals surface area contributed by atoms with Gasteiger partial charge in [0.1, 0.15) is 0 Å². The lowest BCUT2D eigenvalue weighted by Gasteiger charge is -2.17. The second-order valence-corrected chi connectivity index (χ2v) is 4.19. The quantitative estimate of drug-likeness (QED) is 0.902. The highest BCUT2D eigenvalue weighted by Gasteiger charge is 2.32. The van der Waals surface area contributed by atoms with Crippen molar-refractivity contribution in [1.29, 1.82) is 0 Å². The molecule has 0 aromatic heterocycles. The van der Waals surface area contributed by atoms with Crippen LogP contribution in [0.1, 0.15) is 12.0 Å². The summed E-state index contributed by atoms with van der Waals surface area (Å²) < 4.78 is 27.4. The molecule has 1 aromatic carbocycles. The second-order valence-electron chi connectivity index (χ2n) is 2.87. The zero-order valence-electron chi connectivity index (χ0n) is 7.24. The molecule has 0 aliphatic rings. The minimum Gasteiger partial charge on any atom is -0.330 e. The summed E-state index contributed by atoms with van der Waals surface area (Å²) in [5.41, 5.74) is 4.93. The molecule has 0 radical (unpaired) electrons. The molecule has 0 saturated carbocycles. The van der Waals surface area contributed by atoms with E-state index in [1.807, 2.05) is 0 Å². The molecule has 0 unspecified atom stereocenters. The van der Waals surface area contributed by atoms with Crippen LogP contribution in [-0.4, -0.2) is 6.54 Å². The van der Waals surface area contributed by atoms with Gasteiger partial charge in [-0.3, -0.25) is 0 Å². The summed E-state index contributed by atoms with van der Waals surface area (Å²) in [5, 5.41) is 0.0535. The van der Waals surface area contributed by atoms with Crippen molar-refractivity contribution in [1.82, 2.24) is 0 Å². The van der Waals surface area contributed by atoms with Crippen LogP contribution < -0.4 is 5.73 Å². The Labute approximate surface area is 94.4 Å². The Morgan fingerprint density at radius 2 is 2.07 bits per heavy atom. The summed E-state index contributed by atoms with van der Waals surface area (Å²) in [6, 6.07) is 4.29. The van der Waals surface area contributed by atoms with E-state index in [9.17, 15) is 8.78 Å². The third-order valence-electron chi connectivity index (χ3n) is 1.78. The number of hydrogen-bond acceptors (Lipinski definition) is 1. The third kappa shape index (κ3) is 2.65. The van der Waals surface area contributed by atoms with Crippen molar-refractivity contribution in [3.05, 3.63) is 33.3 Å². The summed E-state index contributed by atoms with van der Waals surface area (Å²) in [6.45, 7) is -0.0700. The van der Waals surface area contributed by atoms with E-state index in [2.05, 4.69) is 15.9 Å². The molecule has 78 valence electrons. The standard InChI is InChI=1S/C9H9BrClF2N/c10-6-1-2-7(8(11)5-6)9(12,13)3-4-14/h1-2,5H,3-4,14H2. The maximum Gasteiger partial charge on any atom is 0.275 e. The molecule has 1 nitrogen and oxygen atoms in total. The highest BCUT2D eigenvalue weighted by atomic mass is 79.9. The first-order valence-electron chi connectivity index (χ1n) is 4.01. The van der Waals surface area contributed by atoms with E-state index in [0.29, 0.717) is 4.47 Å². The van der Waals surface area contributed by atoms with Gasteiger partial charge in [-0.2, -0.15) is 0 Å². The number of rotatable bonds is 3. The zero-order chi connectivity index (χ0) is 10.8. The molecule has 0 saturated heterocycles. The van der Waals surface area contributed by atoms with E-state index >= 15 is 0 Å². The summed E-state index contributed by atoms with van der Waals surface area (Å²) >= 11 is 8.85. The predicted octanol–water partition coefficient (Wildman–Crippen LogP) is 3.54. The number of halogens is 4. The van der Waals surface area contributed by atoms with E-state index in [0.717, 1.165) is 0 Å². The van der Waals surface area contributed by atoms with Crippen LogP contribution in [0.25, 0.3) is 0 Å². The molecule has 1 aromatic rings. The monoisotopic (exact) mass is 283 g/mol. The first kappa shape index (κ1) is 11.9. The van der Waals surface area contributed by atoms with Gasteiger partial charge < -0.3 is 5.73 Å². The molecular weight excluding hydrogens is 275 g/mol. The van der Waals surface area contributed by atoms with Crippen LogP contribution in [0, 0.1) is 0 Å². The van der Waals surface area contributed by atoms with Crippen molar-refractivity contribution in [3.63, 3.8) is 0 Å². The van der Waals surface area contributed by atoms with Gasteiger partial charge in [0.25, 0.3) is 5.92 Å². The van der Waals surface area contributed by atoms with Crippen molar-refractivity contribution >= 4 is 27.5 Å². The van der Waals surface area contributed by atoms with Gasteiger partial charge in [-0.05, 0) is 18.7 Å². The molecule has 0 fully saturated rings. The summed E-state index contributed by atoms with van der Waals surface area (Å²) in [7, 11) is 0. The van der Waals surface area contributed by atoms with Gasteiger partial charge in [-0.1, -0.05) is 33.6 Å². The summed E-state index contributed by atoms with van der Waals surface area (Å²) in [5.74, 6) is -2.95. The van der Waals surface area contributed by atoms with Gasteiger partial charge in [0.05, 0.1) is 5.02 Å². The number of benzene rings is 1. The van der Waals surface area contributed by atoms with E-state index < -0.39 is 12.3 Å². The molecule has 2 N–H and O–H groups in total. The average molecular weight is 285 g/mol. The first-order chi connectivity index (χ1) is 6.47. The molecule has 0 bridgehead atoms. The molecule has 0 atom stereocenters. The molecule has 0 aliphatic heterocycles. The Bertz CT molecular complexity index is 331. The van der Waals surface area contributed by atoms with Crippen LogP contribution in [0.4, 0.5) is 8.78 Å². The molecule has 0 heterocycles. The summed E-state index contributed by atoms with van der Waals surface area (Å²) in [4.78, 5) is 0. The molecule has 0 aliphatic carbocycles. The van der Waals surface area contributed by atoms with E-state index in [-0.39, 0.29) is 17.1 Å². The topological polar surface area (TPSA) is 26.0 Å². The van der Waals surface area contributed by atoms with Crippen LogP contribution in [-0.2, 0) is 5.92 Å². The normalized spacial score (nSPS) is 11.8. The van der Waals surface area contributed by atoms with Gasteiger partial charge in [0, 0.05) is 16.5 Å². The van der Waals surface area contributed by atoms with Crippen LogP contribution in [0.15, 0.2) is 22.7 Å². The number of hydrogen-bond donors (Lipinski definition) is 1. The maximum atomic E-state index is 13.4. The van der Waals surface area contributed by atoms with Crippen molar-refractivity contribution in [2.75, 3.05) is 6.54 Å². The zero-order valence-corrected chi connectivity index (χ0v) is 9.58. The first-order valence-corrected chi connectivity index (χ1v) is 5.18. The number of alkyl halides is 2. The highest BCUT2D eigenvalue weighted by Crippen LogP contribution is 2.36. The molecule has 0 spiro atoms. The van der Waals surface area contributed by atoms with Gasteiger partial charge in [0.15, 0.2) is 0 Å². The van der Waals surface area contributed by atoms with Crippen LogP contribution >= 0.6 is 27.5 Å². The average Bonchev–Trinajstić information content (AvgIpc) is 2.02. The molecule has 1 rings (SSSR count). The lowest BCUT2D eigenvalue weighted by Crippen LogP contribution is -2.19. The number of nitrogens with two attached hydrogens (primary N) is 1. The molecular formula is C9H9BrClF2N. The van der Waals surface area contributed by atoms with Crippen molar-refractivity contribution in [2.24, 2.45) is 5.73 Å². The minimum atomic E-state index is -2.95. The van der Waals surface area contributed by atoms with Gasteiger partial charge in [-0.25, -0.2) is 8.78 Å². The van der Waals surface area contributed by atoms with E-state index in [4.69, 9.17) is 17.3 Å². The Morgan fingerprint density at radius 1 is 1.43 bits per heavy atom.